The molecule has 0 spiro atoms. The fourth-order valence-electron chi connectivity index (χ4n) is 2.91. The molecule has 0 bridgehead atoms. The van der Waals surface area contributed by atoms with Crippen molar-refractivity contribution in [3.05, 3.63) is 82.0 Å². The number of hydrogen-bond donors (Lipinski definition) is 2. The number of carbonyl (C=O) groups is 2. The van der Waals surface area contributed by atoms with Gasteiger partial charge in [0, 0.05) is 5.56 Å². The lowest BCUT2D eigenvalue weighted by molar-refractivity contribution is -0.121. The predicted octanol–water partition coefficient (Wildman–Crippen LogP) is 5.58. The van der Waals surface area contributed by atoms with Crippen LogP contribution in [0.2, 0.25) is 10.0 Å². The summed E-state index contributed by atoms with van der Waals surface area (Å²) < 4.78 is 10.6. The summed E-state index contributed by atoms with van der Waals surface area (Å²) in [6.45, 7) is 1.94. The van der Waals surface area contributed by atoms with E-state index in [0.717, 1.165) is 5.56 Å². The van der Waals surface area contributed by atoms with E-state index < -0.39 is 18.0 Å². The average molecular weight is 474 g/mol. The SMILES string of the molecule is CCOC(=O)N[C@H](CC(=O)N/N=C\c1ccc(-c2cccc(Cl)c2Cl)o1)c1ccccc1. The molecule has 2 amide bonds. The van der Waals surface area contributed by atoms with Gasteiger partial charge in [-0.25, -0.2) is 10.2 Å². The van der Waals surface area contributed by atoms with Crippen LogP contribution in [-0.4, -0.2) is 24.8 Å². The number of nitrogens with one attached hydrogen (secondary N) is 2. The van der Waals surface area contributed by atoms with Gasteiger partial charge in [-0.3, -0.25) is 4.79 Å². The Hall–Kier alpha value is -3.29. The highest BCUT2D eigenvalue weighted by Crippen LogP contribution is 2.34. The minimum absolute atomic E-state index is 0.0261. The molecule has 1 atom stereocenters. The topological polar surface area (TPSA) is 92.9 Å². The van der Waals surface area contributed by atoms with Crippen LogP contribution in [0.25, 0.3) is 11.3 Å². The van der Waals surface area contributed by atoms with E-state index in [1.165, 1.54) is 6.21 Å². The van der Waals surface area contributed by atoms with Gasteiger partial charge in [0.25, 0.3) is 0 Å². The van der Waals surface area contributed by atoms with E-state index in [1.807, 2.05) is 30.3 Å². The standard InChI is InChI=1S/C23H21Cl2N3O4/c1-2-31-23(30)27-19(15-7-4-3-5-8-15)13-21(29)28-26-14-16-11-12-20(32-16)17-9-6-10-18(24)22(17)25/h3-12,14,19H,2,13H2,1H3,(H,27,30)(H,28,29)/b26-14-/t19-/m1/s1. The molecule has 0 aliphatic rings. The molecule has 3 rings (SSSR count). The van der Waals surface area contributed by atoms with E-state index in [0.29, 0.717) is 27.1 Å². The number of nitrogens with zero attached hydrogens (tertiary/aromatic N) is 1. The summed E-state index contributed by atoms with van der Waals surface area (Å²) in [5.41, 5.74) is 3.86. The molecule has 1 heterocycles. The third kappa shape index (κ3) is 6.35. The van der Waals surface area contributed by atoms with Gasteiger partial charge < -0.3 is 14.5 Å². The minimum Gasteiger partial charge on any atom is -0.455 e. The first-order chi connectivity index (χ1) is 15.5. The van der Waals surface area contributed by atoms with Gasteiger partial charge in [-0.1, -0.05) is 59.6 Å². The smallest absolute Gasteiger partial charge is 0.407 e. The molecule has 9 heteroatoms. The first-order valence-electron chi connectivity index (χ1n) is 9.82. The zero-order valence-corrected chi connectivity index (χ0v) is 18.7. The second-order valence-electron chi connectivity index (χ2n) is 6.63. The van der Waals surface area contributed by atoms with E-state index in [2.05, 4.69) is 15.8 Å². The summed E-state index contributed by atoms with van der Waals surface area (Å²) >= 11 is 12.3. The predicted molar refractivity (Wildman–Crippen MR) is 124 cm³/mol. The van der Waals surface area contributed by atoms with Crippen molar-refractivity contribution in [1.82, 2.24) is 10.7 Å². The quantitative estimate of drug-likeness (QED) is 0.329. The third-order valence-electron chi connectivity index (χ3n) is 4.38. The summed E-state index contributed by atoms with van der Waals surface area (Å²) in [6, 6.07) is 17.2. The van der Waals surface area contributed by atoms with Gasteiger partial charge in [0.2, 0.25) is 5.91 Å². The van der Waals surface area contributed by atoms with Crippen molar-refractivity contribution in [2.45, 2.75) is 19.4 Å². The van der Waals surface area contributed by atoms with Crippen LogP contribution in [0.4, 0.5) is 4.79 Å². The van der Waals surface area contributed by atoms with Crippen LogP contribution in [0.15, 0.2) is 70.2 Å². The molecular weight excluding hydrogens is 453 g/mol. The molecule has 0 fully saturated rings. The normalized spacial score (nSPS) is 11.8. The Morgan fingerprint density at radius 2 is 1.88 bits per heavy atom. The lowest BCUT2D eigenvalue weighted by Crippen LogP contribution is -2.33. The second kappa shape index (κ2) is 11.4. The summed E-state index contributed by atoms with van der Waals surface area (Å²) in [5.74, 6) is 0.547. The van der Waals surface area contributed by atoms with Gasteiger partial charge in [0.05, 0.1) is 35.3 Å². The molecule has 2 N–H and O–H groups in total. The van der Waals surface area contributed by atoms with E-state index in [-0.39, 0.29) is 13.0 Å². The first-order valence-corrected chi connectivity index (χ1v) is 10.6. The number of hydrazone groups is 1. The summed E-state index contributed by atoms with van der Waals surface area (Å²) in [6.07, 6.45) is 0.748. The van der Waals surface area contributed by atoms with Crippen molar-refractivity contribution in [1.29, 1.82) is 0 Å². The number of halogens is 2. The van der Waals surface area contributed by atoms with Crippen molar-refractivity contribution in [3.63, 3.8) is 0 Å². The number of ether oxygens (including phenoxy) is 1. The Morgan fingerprint density at radius 3 is 2.62 bits per heavy atom. The maximum atomic E-state index is 12.4. The number of hydrogen-bond acceptors (Lipinski definition) is 5. The third-order valence-corrected chi connectivity index (χ3v) is 5.20. The molecule has 166 valence electrons. The van der Waals surface area contributed by atoms with Crippen molar-refractivity contribution in [2.24, 2.45) is 5.10 Å². The summed E-state index contributed by atoms with van der Waals surface area (Å²) in [5, 5.41) is 7.43. The lowest BCUT2D eigenvalue weighted by atomic mass is 10.0. The number of carbonyl (C=O) groups excluding carboxylic acids is 2. The molecule has 3 aromatic rings. The zero-order chi connectivity index (χ0) is 22.9. The molecule has 0 unspecified atom stereocenters. The molecule has 0 saturated carbocycles. The molecule has 0 saturated heterocycles. The van der Waals surface area contributed by atoms with Crippen molar-refractivity contribution in [3.8, 4) is 11.3 Å². The number of amides is 2. The Labute approximate surface area is 195 Å². The number of furan rings is 1. The monoisotopic (exact) mass is 473 g/mol. The molecule has 0 radical (unpaired) electrons. The van der Waals surface area contributed by atoms with Gasteiger partial charge in [0.15, 0.2) is 0 Å². The molecular formula is C23H21Cl2N3O4. The Morgan fingerprint density at radius 1 is 1.09 bits per heavy atom. The Balaban J connectivity index is 1.62. The van der Waals surface area contributed by atoms with Crippen LogP contribution >= 0.6 is 23.2 Å². The van der Waals surface area contributed by atoms with Crippen LogP contribution in [-0.2, 0) is 9.53 Å². The van der Waals surface area contributed by atoms with Crippen LogP contribution in [0.5, 0.6) is 0 Å². The van der Waals surface area contributed by atoms with Crippen molar-refractivity contribution in [2.75, 3.05) is 6.61 Å². The van der Waals surface area contributed by atoms with Gasteiger partial charge in [-0.05, 0) is 36.8 Å². The second-order valence-corrected chi connectivity index (χ2v) is 7.41. The summed E-state index contributed by atoms with van der Waals surface area (Å²) in [4.78, 5) is 24.2. The fourth-order valence-corrected chi connectivity index (χ4v) is 3.31. The Bertz CT molecular complexity index is 1100. The van der Waals surface area contributed by atoms with Crippen molar-refractivity contribution >= 4 is 41.4 Å². The highest BCUT2D eigenvalue weighted by atomic mass is 35.5. The number of benzene rings is 2. The largest absolute Gasteiger partial charge is 0.455 e. The van der Waals surface area contributed by atoms with E-state index in [9.17, 15) is 9.59 Å². The highest BCUT2D eigenvalue weighted by molar-refractivity contribution is 6.43. The highest BCUT2D eigenvalue weighted by Gasteiger charge is 2.19. The van der Waals surface area contributed by atoms with Gasteiger partial charge in [-0.15, -0.1) is 0 Å². The number of alkyl carbamates (subject to hydrolysis) is 1. The Kier molecular flexibility index (Phi) is 8.30. The molecule has 0 aliphatic heterocycles. The van der Waals surface area contributed by atoms with E-state index in [1.54, 1.807) is 37.3 Å². The zero-order valence-electron chi connectivity index (χ0n) is 17.2. The van der Waals surface area contributed by atoms with Crippen LogP contribution in [0.3, 0.4) is 0 Å². The van der Waals surface area contributed by atoms with Crippen LogP contribution < -0.4 is 10.7 Å². The van der Waals surface area contributed by atoms with E-state index >= 15 is 0 Å². The molecule has 32 heavy (non-hydrogen) atoms. The minimum atomic E-state index is -0.597. The summed E-state index contributed by atoms with van der Waals surface area (Å²) in [7, 11) is 0. The molecule has 7 nitrogen and oxygen atoms in total. The molecule has 2 aromatic carbocycles. The van der Waals surface area contributed by atoms with E-state index in [4.69, 9.17) is 32.4 Å². The van der Waals surface area contributed by atoms with Crippen LogP contribution in [0, 0.1) is 0 Å². The number of rotatable bonds is 8. The average Bonchev–Trinajstić information content (AvgIpc) is 3.24. The first kappa shape index (κ1) is 23.4. The van der Waals surface area contributed by atoms with Gasteiger partial charge in [-0.2, -0.15) is 5.10 Å². The fraction of sp³-hybridized carbons (Fsp3) is 0.174. The van der Waals surface area contributed by atoms with Crippen molar-refractivity contribution < 1.29 is 18.7 Å². The lowest BCUT2D eigenvalue weighted by Gasteiger charge is -2.17. The van der Waals surface area contributed by atoms with Gasteiger partial charge in [0.1, 0.15) is 11.5 Å². The maximum Gasteiger partial charge on any atom is 0.407 e. The van der Waals surface area contributed by atoms with Crippen LogP contribution in [0.1, 0.15) is 30.7 Å². The molecule has 1 aromatic heterocycles. The maximum absolute atomic E-state index is 12.4. The van der Waals surface area contributed by atoms with Gasteiger partial charge >= 0.3 is 6.09 Å². The molecule has 0 aliphatic carbocycles.